The fourth-order valence-corrected chi connectivity index (χ4v) is 1.14. The molecule has 1 aromatic heterocycles. The van der Waals surface area contributed by atoms with Gasteiger partial charge >= 0.3 is 6.18 Å². The number of pyridine rings is 1. The molecule has 16 heavy (non-hydrogen) atoms. The maximum atomic E-state index is 12.4. The molecule has 0 aromatic carbocycles. The lowest BCUT2D eigenvalue weighted by molar-refractivity contribution is -0.139. The van der Waals surface area contributed by atoms with E-state index in [1.165, 1.54) is 0 Å². The third kappa shape index (κ3) is 2.38. The Hall–Kier alpha value is -1.44. The molecule has 8 heteroatoms. The molecule has 0 atom stereocenters. The van der Waals surface area contributed by atoms with Crippen molar-refractivity contribution in [2.45, 2.75) is 19.1 Å². The van der Waals surface area contributed by atoms with Gasteiger partial charge in [0, 0.05) is 6.54 Å². The number of aromatic nitrogens is 1. The number of rotatable bonds is 2. The van der Waals surface area contributed by atoms with Gasteiger partial charge in [-0.25, -0.2) is 13.8 Å². The van der Waals surface area contributed by atoms with Crippen LogP contribution in [0.2, 0.25) is 0 Å². The molecule has 0 amide bonds. The van der Waals surface area contributed by atoms with E-state index in [4.69, 9.17) is 11.5 Å². The maximum absolute atomic E-state index is 12.4. The molecule has 1 heterocycles. The number of nitrogens with two attached hydrogens (primary N) is 2. The minimum absolute atomic E-state index is 0.178. The maximum Gasteiger partial charge on any atom is 0.418 e. The van der Waals surface area contributed by atoms with E-state index in [-0.39, 0.29) is 17.9 Å². The van der Waals surface area contributed by atoms with Gasteiger partial charge in [-0.15, -0.1) is 0 Å². The number of halogens is 5. The van der Waals surface area contributed by atoms with E-state index in [1.807, 2.05) is 0 Å². The number of alkyl halides is 5. The molecule has 0 radical (unpaired) electrons. The Morgan fingerprint density at radius 2 is 1.88 bits per heavy atom. The van der Waals surface area contributed by atoms with Gasteiger partial charge in [0.05, 0.1) is 16.9 Å². The minimum Gasteiger partial charge on any atom is -0.397 e. The van der Waals surface area contributed by atoms with Crippen molar-refractivity contribution in [3.8, 4) is 0 Å². The fraction of sp³-hybridized carbons (Fsp3) is 0.375. The molecule has 3 nitrogen and oxygen atoms in total. The number of nitrogen functional groups attached to an aromatic ring is 1. The predicted molar refractivity (Wildman–Crippen MR) is 46.5 cm³/mol. The molecule has 0 spiro atoms. The van der Waals surface area contributed by atoms with Crippen LogP contribution in [0.25, 0.3) is 0 Å². The third-order valence-corrected chi connectivity index (χ3v) is 1.87. The predicted octanol–water partition coefficient (Wildman–Crippen LogP) is 2.08. The van der Waals surface area contributed by atoms with Crippen LogP contribution >= 0.6 is 0 Å². The van der Waals surface area contributed by atoms with Crippen LogP contribution in [0, 0.1) is 0 Å². The average Bonchev–Trinajstić information content (AvgIpc) is 2.15. The summed E-state index contributed by atoms with van der Waals surface area (Å²) >= 11 is 0. The molecule has 0 bridgehead atoms. The minimum atomic E-state index is -4.92. The number of hydrogen-bond acceptors (Lipinski definition) is 3. The zero-order valence-corrected chi connectivity index (χ0v) is 7.85. The zero-order chi connectivity index (χ0) is 12.5. The molecule has 0 saturated carbocycles. The Labute approximate surface area is 87.3 Å². The summed E-state index contributed by atoms with van der Waals surface area (Å²) in [5.41, 5.74) is 6.92. The van der Waals surface area contributed by atoms with Crippen LogP contribution in [-0.2, 0) is 12.7 Å². The van der Waals surface area contributed by atoms with Crippen molar-refractivity contribution in [3.05, 3.63) is 23.0 Å². The summed E-state index contributed by atoms with van der Waals surface area (Å²) in [4.78, 5) is 3.14. The smallest absolute Gasteiger partial charge is 0.397 e. The van der Waals surface area contributed by atoms with Crippen molar-refractivity contribution in [3.63, 3.8) is 0 Å². The summed E-state index contributed by atoms with van der Waals surface area (Å²) < 4.78 is 61.8. The van der Waals surface area contributed by atoms with Crippen LogP contribution in [0.4, 0.5) is 27.6 Å². The lowest BCUT2D eigenvalue weighted by Gasteiger charge is -2.14. The van der Waals surface area contributed by atoms with Crippen LogP contribution in [0.15, 0.2) is 6.07 Å². The Balaban J connectivity index is 3.42. The van der Waals surface area contributed by atoms with Gasteiger partial charge in [0.15, 0.2) is 0 Å². The topological polar surface area (TPSA) is 64.9 Å². The fourth-order valence-electron chi connectivity index (χ4n) is 1.14. The van der Waals surface area contributed by atoms with Crippen LogP contribution in [0.3, 0.4) is 0 Å². The highest BCUT2D eigenvalue weighted by Crippen LogP contribution is 2.36. The first-order valence-electron chi connectivity index (χ1n) is 4.12. The molecular weight excluding hydrogens is 233 g/mol. The Kier molecular flexibility index (Phi) is 3.32. The van der Waals surface area contributed by atoms with E-state index < -0.39 is 23.9 Å². The van der Waals surface area contributed by atoms with E-state index in [0.29, 0.717) is 6.07 Å². The van der Waals surface area contributed by atoms with Gasteiger partial charge in [0.2, 0.25) is 0 Å². The van der Waals surface area contributed by atoms with Crippen LogP contribution in [0.5, 0.6) is 0 Å². The van der Waals surface area contributed by atoms with Gasteiger partial charge in [0.1, 0.15) is 5.69 Å². The summed E-state index contributed by atoms with van der Waals surface area (Å²) in [6.07, 6.45) is -8.25. The van der Waals surface area contributed by atoms with Crippen molar-refractivity contribution in [2.24, 2.45) is 5.73 Å². The second-order valence-electron chi connectivity index (χ2n) is 2.96. The van der Waals surface area contributed by atoms with Gasteiger partial charge in [0.25, 0.3) is 6.43 Å². The van der Waals surface area contributed by atoms with E-state index >= 15 is 0 Å². The Bertz CT molecular complexity index is 388. The lowest BCUT2D eigenvalue weighted by atomic mass is 10.1. The summed E-state index contributed by atoms with van der Waals surface area (Å²) in [5.74, 6) is 0. The largest absolute Gasteiger partial charge is 0.418 e. The van der Waals surface area contributed by atoms with Crippen LogP contribution in [0.1, 0.15) is 23.4 Å². The number of anilines is 1. The van der Waals surface area contributed by atoms with Gasteiger partial charge < -0.3 is 11.5 Å². The molecule has 0 fully saturated rings. The van der Waals surface area contributed by atoms with Crippen molar-refractivity contribution in [1.29, 1.82) is 0 Å². The van der Waals surface area contributed by atoms with E-state index in [0.717, 1.165) is 0 Å². The summed E-state index contributed by atoms with van der Waals surface area (Å²) in [7, 11) is 0. The Morgan fingerprint density at radius 3 is 2.25 bits per heavy atom. The highest BCUT2D eigenvalue weighted by atomic mass is 19.4. The average molecular weight is 241 g/mol. The van der Waals surface area contributed by atoms with E-state index in [1.54, 1.807) is 0 Å². The molecule has 0 aliphatic rings. The van der Waals surface area contributed by atoms with E-state index in [2.05, 4.69) is 4.98 Å². The lowest BCUT2D eigenvalue weighted by Crippen LogP contribution is -2.15. The molecule has 0 aliphatic carbocycles. The van der Waals surface area contributed by atoms with E-state index in [9.17, 15) is 22.0 Å². The highest BCUT2D eigenvalue weighted by molar-refractivity contribution is 5.48. The van der Waals surface area contributed by atoms with Gasteiger partial charge in [-0.1, -0.05) is 0 Å². The zero-order valence-electron chi connectivity index (χ0n) is 7.85. The summed E-state index contributed by atoms with van der Waals surface area (Å²) in [5, 5.41) is 0. The van der Waals surface area contributed by atoms with Crippen LogP contribution < -0.4 is 11.5 Å². The van der Waals surface area contributed by atoms with Gasteiger partial charge in [-0.2, -0.15) is 13.2 Å². The monoisotopic (exact) mass is 241 g/mol. The van der Waals surface area contributed by atoms with Crippen molar-refractivity contribution in [2.75, 3.05) is 5.73 Å². The standard InChI is InChI=1S/C8H8F5N3/c9-7(10)6-3(8(11,12)13)1-4(15)5(2-14)16-6/h1,7H,2,14-15H2. The van der Waals surface area contributed by atoms with Crippen molar-refractivity contribution >= 4 is 5.69 Å². The molecule has 90 valence electrons. The number of nitrogens with zero attached hydrogens (tertiary/aromatic N) is 1. The number of hydrogen-bond donors (Lipinski definition) is 2. The van der Waals surface area contributed by atoms with Crippen molar-refractivity contribution < 1.29 is 22.0 Å². The highest BCUT2D eigenvalue weighted by Gasteiger charge is 2.37. The van der Waals surface area contributed by atoms with Crippen molar-refractivity contribution in [1.82, 2.24) is 4.98 Å². The van der Waals surface area contributed by atoms with Gasteiger partial charge in [-0.05, 0) is 6.07 Å². The molecule has 0 unspecified atom stereocenters. The molecule has 0 aliphatic heterocycles. The second kappa shape index (κ2) is 4.20. The molecule has 0 saturated heterocycles. The SMILES string of the molecule is NCc1nc(C(F)F)c(C(F)(F)F)cc1N. The first-order valence-corrected chi connectivity index (χ1v) is 4.12. The molecular formula is C8H8F5N3. The summed E-state index contributed by atoms with van der Waals surface area (Å²) in [6.45, 7) is -0.302. The third-order valence-electron chi connectivity index (χ3n) is 1.87. The molecule has 4 N–H and O–H groups in total. The molecule has 1 aromatic rings. The first kappa shape index (κ1) is 12.6. The molecule has 1 rings (SSSR count). The van der Waals surface area contributed by atoms with Crippen LogP contribution in [-0.4, -0.2) is 4.98 Å². The summed E-state index contributed by atoms with van der Waals surface area (Å²) in [6, 6.07) is 0.427. The van der Waals surface area contributed by atoms with Gasteiger partial charge in [-0.3, -0.25) is 0 Å². The normalized spacial score (nSPS) is 12.2. The quantitative estimate of drug-likeness (QED) is 0.779. The second-order valence-corrected chi connectivity index (χ2v) is 2.96. The first-order chi connectivity index (χ1) is 7.27. The Morgan fingerprint density at radius 1 is 1.31 bits per heavy atom.